The molecule has 14 rings (SSSR count). The van der Waals surface area contributed by atoms with Crippen LogP contribution in [0, 0.1) is 0 Å². The van der Waals surface area contributed by atoms with Crippen molar-refractivity contribution in [2.24, 2.45) is 0 Å². The van der Waals surface area contributed by atoms with E-state index in [0.29, 0.717) is 0 Å². The highest BCUT2D eigenvalue weighted by Crippen LogP contribution is 2.63. The Bertz CT molecular complexity index is 3800. The lowest BCUT2D eigenvalue weighted by Crippen LogP contribution is -2.32. The standard InChI is InChI=1S/C61H38N2O3/c1-3-17-39(18-4-1)62(40-19-5-2-6-20-40)51-27-15-32-57-60(51)46-35-33-42(38-58(46)66-57)63(52-28-16-31-56-59(52)45-23-9-13-29-53(45)64-56)41-34-36-55-50(37-41)61(49-26-12-14-30-54(49)65-55)47-24-10-7-21-43(47)44-22-8-11-25-48(44)61/h1-38H. The van der Waals surface area contributed by atoms with Crippen LogP contribution < -0.4 is 14.5 Å². The molecule has 3 heterocycles. The molecule has 0 radical (unpaired) electrons. The molecular weight excluding hydrogens is 809 g/mol. The SMILES string of the molecule is c1ccc(N(c2ccccc2)c2cccc3oc4cc(N(c5ccc6c(c5)C5(c7ccccc7O6)c6ccccc6-c6ccccc65)c5cccc6oc7ccccc7c56)ccc4c23)cc1. The van der Waals surface area contributed by atoms with E-state index in [1.54, 1.807) is 0 Å². The average molecular weight is 847 g/mol. The number of benzene rings is 10. The van der Waals surface area contributed by atoms with Crippen molar-refractivity contribution in [2.45, 2.75) is 5.41 Å². The number of hydrogen-bond donors (Lipinski definition) is 0. The Hall–Kier alpha value is -8.80. The van der Waals surface area contributed by atoms with Gasteiger partial charge in [0.1, 0.15) is 33.8 Å². The normalized spacial score (nSPS) is 13.1. The maximum atomic E-state index is 6.91. The van der Waals surface area contributed by atoms with Crippen LogP contribution in [0.15, 0.2) is 239 Å². The molecule has 1 aliphatic carbocycles. The molecule has 2 aromatic heterocycles. The summed E-state index contributed by atoms with van der Waals surface area (Å²) in [6.07, 6.45) is 0. The summed E-state index contributed by atoms with van der Waals surface area (Å²) in [6, 6.07) is 81.6. The van der Waals surface area contributed by atoms with Gasteiger partial charge in [-0.25, -0.2) is 0 Å². The van der Waals surface area contributed by atoms with Crippen LogP contribution in [-0.4, -0.2) is 0 Å². The lowest BCUT2D eigenvalue weighted by atomic mass is 9.66. The van der Waals surface area contributed by atoms with Crippen molar-refractivity contribution < 1.29 is 13.6 Å². The highest BCUT2D eigenvalue weighted by molar-refractivity contribution is 6.16. The van der Waals surface area contributed by atoms with Gasteiger partial charge in [0.2, 0.25) is 0 Å². The quantitative estimate of drug-likeness (QED) is 0.167. The van der Waals surface area contributed by atoms with Crippen molar-refractivity contribution in [3.8, 4) is 22.6 Å². The van der Waals surface area contributed by atoms with E-state index in [0.717, 1.165) is 101 Å². The minimum atomic E-state index is -0.629. The summed E-state index contributed by atoms with van der Waals surface area (Å²) in [6.45, 7) is 0. The van der Waals surface area contributed by atoms with Gasteiger partial charge in [0.15, 0.2) is 0 Å². The summed E-state index contributed by atoms with van der Waals surface area (Å²) in [4.78, 5) is 4.67. The largest absolute Gasteiger partial charge is 0.457 e. The summed E-state index contributed by atoms with van der Waals surface area (Å²) < 4.78 is 20.3. The fourth-order valence-electron chi connectivity index (χ4n) is 11.1. The zero-order valence-corrected chi connectivity index (χ0v) is 35.6. The number of furan rings is 2. The average Bonchev–Trinajstić information content (AvgIpc) is 4.04. The molecule has 0 atom stereocenters. The van der Waals surface area contributed by atoms with Crippen LogP contribution in [0.2, 0.25) is 0 Å². The molecule has 1 aliphatic heterocycles. The first kappa shape index (κ1) is 36.7. The molecule has 0 bridgehead atoms. The second-order valence-corrected chi connectivity index (χ2v) is 17.1. The Morgan fingerprint density at radius 3 is 1.47 bits per heavy atom. The Kier molecular flexibility index (Phi) is 7.83. The lowest BCUT2D eigenvalue weighted by Gasteiger charge is -2.40. The summed E-state index contributed by atoms with van der Waals surface area (Å²) in [5, 5.41) is 4.16. The van der Waals surface area contributed by atoms with E-state index >= 15 is 0 Å². The van der Waals surface area contributed by atoms with E-state index < -0.39 is 5.41 Å². The van der Waals surface area contributed by atoms with E-state index in [2.05, 4.69) is 228 Å². The molecule has 310 valence electrons. The van der Waals surface area contributed by atoms with Gasteiger partial charge in [-0.15, -0.1) is 0 Å². The molecule has 0 fully saturated rings. The van der Waals surface area contributed by atoms with Crippen LogP contribution in [0.3, 0.4) is 0 Å². The number of anilines is 6. The van der Waals surface area contributed by atoms with E-state index in [9.17, 15) is 0 Å². The van der Waals surface area contributed by atoms with E-state index in [-0.39, 0.29) is 0 Å². The van der Waals surface area contributed by atoms with Gasteiger partial charge in [0.05, 0.1) is 27.6 Å². The molecule has 0 N–H and O–H groups in total. The maximum Gasteiger partial charge on any atom is 0.137 e. The van der Waals surface area contributed by atoms with Gasteiger partial charge in [-0.1, -0.05) is 133 Å². The summed E-state index contributed by atoms with van der Waals surface area (Å²) in [5.74, 6) is 1.70. The van der Waals surface area contributed by atoms with E-state index in [1.807, 2.05) is 12.1 Å². The first-order valence-corrected chi connectivity index (χ1v) is 22.4. The topological polar surface area (TPSA) is 42.0 Å². The fourth-order valence-corrected chi connectivity index (χ4v) is 11.1. The number of ether oxygens (including phenoxy) is 1. The number of hydrogen-bond acceptors (Lipinski definition) is 5. The predicted octanol–water partition coefficient (Wildman–Crippen LogP) is 16.9. The van der Waals surface area contributed by atoms with Crippen molar-refractivity contribution in [3.63, 3.8) is 0 Å². The van der Waals surface area contributed by atoms with Crippen molar-refractivity contribution >= 4 is 78.0 Å². The Morgan fingerprint density at radius 1 is 0.303 bits per heavy atom. The molecule has 0 amide bonds. The van der Waals surface area contributed by atoms with Gasteiger partial charge in [-0.05, 0) is 113 Å². The second kappa shape index (κ2) is 14.1. The molecule has 5 nitrogen and oxygen atoms in total. The van der Waals surface area contributed by atoms with Gasteiger partial charge in [-0.3, -0.25) is 0 Å². The van der Waals surface area contributed by atoms with Gasteiger partial charge in [0, 0.05) is 50.7 Å². The molecule has 0 saturated heterocycles. The van der Waals surface area contributed by atoms with Crippen LogP contribution in [0.4, 0.5) is 34.1 Å². The fraction of sp³-hybridized carbons (Fsp3) is 0.0164. The molecule has 0 unspecified atom stereocenters. The van der Waals surface area contributed by atoms with E-state index in [4.69, 9.17) is 13.6 Å². The summed E-state index contributed by atoms with van der Waals surface area (Å²) in [7, 11) is 0. The Morgan fingerprint density at radius 2 is 0.788 bits per heavy atom. The van der Waals surface area contributed by atoms with Crippen LogP contribution in [-0.2, 0) is 5.41 Å². The third-order valence-electron chi connectivity index (χ3n) is 13.7. The van der Waals surface area contributed by atoms with Gasteiger partial charge in [-0.2, -0.15) is 0 Å². The molecular formula is C61H38N2O3. The van der Waals surface area contributed by atoms with Crippen molar-refractivity contribution in [1.82, 2.24) is 0 Å². The molecule has 0 saturated carbocycles. The zero-order valence-electron chi connectivity index (χ0n) is 35.6. The predicted molar refractivity (Wildman–Crippen MR) is 268 cm³/mol. The number of fused-ring (bicyclic) bond motifs is 15. The number of para-hydroxylation sites is 4. The molecule has 66 heavy (non-hydrogen) atoms. The van der Waals surface area contributed by atoms with Gasteiger partial charge in [0.25, 0.3) is 0 Å². The molecule has 2 aliphatic rings. The monoisotopic (exact) mass is 846 g/mol. The van der Waals surface area contributed by atoms with Crippen LogP contribution in [0.1, 0.15) is 22.3 Å². The first-order chi connectivity index (χ1) is 32.7. The van der Waals surface area contributed by atoms with Crippen molar-refractivity contribution in [2.75, 3.05) is 9.80 Å². The van der Waals surface area contributed by atoms with Gasteiger partial charge < -0.3 is 23.4 Å². The molecule has 5 heteroatoms. The Labute approximate surface area is 380 Å². The maximum absolute atomic E-state index is 6.91. The summed E-state index contributed by atoms with van der Waals surface area (Å²) in [5.41, 5.74) is 15.9. The molecule has 10 aromatic carbocycles. The number of rotatable bonds is 6. The van der Waals surface area contributed by atoms with Crippen LogP contribution in [0.25, 0.3) is 55.0 Å². The third-order valence-corrected chi connectivity index (χ3v) is 13.7. The smallest absolute Gasteiger partial charge is 0.137 e. The summed E-state index contributed by atoms with van der Waals surface area (Å²) >= 11 is 0. The highest BCUT2D eigenvalue weighted by atomic mass is 16.5. The van der Waals surface area contributed by atoms with E-state index in [1.165, 1.54) is 22.3 Å². The highest BCUT2D eigenvalue weighted by Gasteiger charge is 2.51. The van der Waals surface area contributed by atoms with Crippen molar-refractivity contribution in [1.29, 1.82) is 0 Å². The van der Waals surface area contributed by atoms with Crippen LogP contribution in [0.5, 0.6) is 11.5 Å². The number of nitrogens with zero attached hydrogens (tertiary/aromatic N) is 2. The lowest BCUT2D eigenvalue weighted by molar-refractivity contribution is 0.436. The third kappa shape index (κ3) is 5.16. The molecule has 1 spiro atoms. The van der Waals surface area contributed by atoms with Crippen LogP contribution >= 0.6 is 0 Å². The minimum absolute atomic E-state index is 0.629. The first-order valence-electron chi connectivity index (χ1n) is 22.4. The Balaban J connectivity index is 1.02. The molecule has 12 aromatic rings. The second-order valence-electron chi connectivity index (χ2n) is 17.1. The minimum Gasteiger partial charge on any atom is -0.457 e. The zero-order chi connectivity index (χ0) is 43.3. The van der Waals surface area contributed by atoms with Gasteiger partial charge >= 0.3 is 0 Å². The van der Waals surface area contributed by atoms with Crippen molar-refractivity contribution in [3.05, 3.63) is 253 Å².